The van der Waals surface area contributed by atoms with Crippen LogP contribution in [0.4, 0.5) is 0 Å². The van der Waals surface area contributed by atoms with E-state index in [9.17, 15) is 5.11 Å². The first kappa shape index (κ1) is 15.1. The minimum absolute atomic E-state index is 0.174. The summed E-state index contributed by atoms with van der Waals surface area (Å²) in [5, 5.41) is 13.6. The first-order chi connectivity index (χ1) is 9.74. The minimum atomic E-state index is -0.242. The lowest BCUT2D eigenvalue weighted by Gasteiger charge is -2.22. The third kappa shape index (κ3) is 3.87. The summed E-state index contributed by atoms with van der Waals surface area (Å²) in [5.74, 6) is 1.67. The largest absolute Gasteiger partial charge is 0.497 e. The Kier molecular flexibility index (Phi) is 5.68. The lowest BCUT2D eigenvalue weighted by Crippen LogP contribution is -2.38. The fraction of sp³-hybridized carbons (Fsp3) is 0.625. The molecule has 0 saturated heterocycles. The Morgan fingerprint density at radius 3 is 2.70 bits per heavy atom. The van der Waals surface area contributed by atoms with E-state index in [0.29, 0.717) is 6.54 Å². The summed E-state index contributed by atoms with van der Waals surface area (Å²) in [4.78, 5) is 0. The highest BCUT2D eigenvalue weighted by molar-refractivity contribution is 5.40. The molecule has 0 bridgehead atoms. The van der Waals surface area contributed by atoms with Crippen molar-refractivity contribution >= 4 is 0 Å². The van der Waals surface area contributed by atoms with Crippen molar-refractivity contribution in [2.75, 3.05) is 14.2 Å². The summed E-state index contributed by atoms with van der Waals surface area (Å²) in [7, 11) is 3.33. The molecular formula is C16H25NO3. The van der Waals surface area contributed by atoms with Crippen LogP contribution in [-0.4, -0.2) is 31.5 Å². The van der Waals surface area contributed by atoms with E-state index < -0.39 is 0 Å². The van der Waals surface area contributed by atoms with Crippen molar-refractivity contribution < 1.29 is 14.6 Å². The quantitative estimate of drug-likeness (QED) is 0.813. The molecule has 0 radical (unpaired) electrons. The zero-order valence-electron chi connectivity index (χ0n) is 12.4. The van der Waals surface area contributed by atoms with E-state index >= 15 is 0 Å². The van der Waals surface area contributed by atoms with E-state index in [4.69, 9.17) is 9.47 Å². The van der Waals surface area contributed by atoms with Gasteiger partial charge in [-0.15, -0.1) is 0 Å². The molecule has 0 spiro atoms. The summed E-state index contributed by atoms with van der Waals surface area (Å²) in [5.41, 5.74) is 1.06. The van der Waals surface area contributed by atoms with Crippen LogP contribution >= 0.6 is 0 Å². The number of hydrogen-bond donors (Lipinski definition) is 2. The van der Waals surface area contributed by atoms with Crippen LogP contribution in [0.3, 0.4) is 0 Å². The molecule has 4 nitrogen and oxygen atoms in total. The van der Waals surface area contributed by atoms with Crippen molar-refractivity contribution in [1.82, 2.24) is 5.32 Å². The maximum absolute atomic E-state index is 10.1. The van der Waals surface area contributed by atoms with Gasteiger partial charge in [-0.25, -0.2) is 0 Å². The van der Waals surface area contributed by atoms with Gasteiger partial charge in [0.1, 0.15) is 11.5 Å². The molecular weight excluding hydrogens is 254 g/mol. The molecule has 1 fully saturated rings. The molecule has 2 rings (SSSR count). The molecule has 0 heterocycles. The van der Waals surface area contributed by atoms with Crippen molar-refractivity contribution in [1.29, 1.82) is 0 Å². The number of benzene rings is 1. The highest BCUT2D eigenvalue weighted by atomic mass is 16.5. The molecule has 2 unspecified atom stereocenters. The van der Waals surface area contributed by atoms with Gasteiger partial charge in [0.25, 0.3) is 0 Å². The fourth-order valence-corrected chi connectivity index (χ4v) is 2.79. The van der Waals surface area contributed by atoms with Crippen molar-refractivity contribution in [3.05, 3.63) is 23.8 Å². The summed E-state index contributed by atoms with van der Waals surface area (Å²) in [6.45, 7) is 0.683. The van der Waals surface area contributed by atoms with E-state index in [0.717, 1.165) is 36.3 Å². The highest BCUT2D eigenvalue weighted by Crippen LogP contribution is 2.25. The van der Waals surface area contributed by atoms with E-state index in [1.165, 1.54) is 12.8 Å². The van der Waals surface area contributed by atoms with Crippen LogP contribution in [0.1, 0.15) is 37.7 Å². The van der Waals surface area contributed by atoms with Gasteiger partial charge in [0.15, 0.2) is 0 Å². The predicted octanol–water partition coefficient (Wildman–Crippen LogP) is 2.49. The zero-order valence-corrected chi connectivity index (χ0v) is 12.4. The molecule has 2 N–H and O–H groups in total. The molecule has 20 heavy (non-hydrogen) atoms. The number of aliphatic hydroxyl groups is 1. The third-order valence-electron chi connectivity index (χ3n) is 4.02. The standard InChI is InChI=1S/C16H25NO3/c1-19-13-8-9-16(20-2)12(10-13)11-17-14-6-4-3-5-7-15(14)18/h8-10,14-15,17-18H,3-7,11H2,1-2H3. The van der Waals surface area contributed by atoms with Crippen LogP contribution in [-0.2, 0) is 6.54 Å². The Labute approximate surface area is 121 Å². The van der Waals surface area contributed by atoms with Crippen molar-refractivity contribution in [3.8, 4) is 11.5 Å². The van der Waals surface area contributed by atoms with E-state index in [1.54, 1.807) is 14.2 Å². The van der Waals surface area contributed by atoms with Crippen LogP contribution in [0.5, 0.6) is 11.5 Å². The summed E-state index contributed by atoms with van der Waals surface area (Å²) < 4.78 is 10.6. The van der Waals surface area contributed by atoms with Gasteiger partial charge < -0.3 is 19.9 Å². The first-order valence-corrected chi connectivity index (χ1v) is 7.37. The topological polar surface area (TPSA) is 50.7 Å². The first-order valence-electron chi connectivity index (χ1n) is 7.37. The maximum atomic E-state index is 10.1. The lowest BCUT2D eigenvalue weighted by molar-refractivity contribution is 0.119. The maximum Gasteiger partial charge on any atom is 0.123 e. The smallest absolute Gasteiger partial charge is 0.123 e. The SMILES string of the molecule is COc1ccc(OC)c(CNC2CCCCCC2O)c1. The number of methoxy groups -OCH3 is 2. The van der Waals surface area contributed by atoms with Gasteiger partial charge in [0.2, 0.25) is 0 Å². The lowest BCUT2D eigenvalue weighted by atomic mass is 10.1. The van der Waals surface area contributed by atoms with Gasteiger partial charge in [-0.05, 0) is 31.0 Å². The van der Waals surface area contributed by atoms with E-state index in [1.807, 2.05) is 18.2 Å². The van der Waals surface area contributed by atoms with E-state index in [2.05, 4.69) is 5.32 Å². The molecule has 4 heteroatoms. The second-order valence-electron chi connectivity index (χ2n) is 5.37. The van der Waals surface area contributed by atoms with Gasteiger partial charge in [0.05, 0.1) is 20.3 Å². The molecule has 2 atom stereocenters. The Bertz CT molecular complexity index is 422. The molecule has 0 aliphatic heterocycles. The Balaban J connectivity index is 2.01. The van der Waals surface area contributed by atoms with Gasteiger partial charge in [-0.2, -0.15) is 0 Å². The minimum Gasteiger partial charge on any atom is -0.497 e. The molecule has 112 valence electrons. The van der Waals surface area contributed by atoms with Crippen LogP contribution < -0.4 is 14.8 Å². The molecule has 1 saturated carbocycles. The van der Waals surface area contributed by atoms with Crippen LogP contribution in [0, 0.1) is 0 Å². The van der Waals surface area contributed by atoms with Gasteiger partial charge in [-0.1, -0.05) is 19.3 Å². The van der Waals surface area contributed by atoms with Crippen LogP contribution in [0.25, 0.3) is 0 Å². The Morgan fingerprint density at radius 2 is 1.95 bits per heavy atom. The second-order valence-corrected chi connectivity index (χ2v) is 5.37. The number of ether oxygens (including phenoxy) is 2. The fourth-order valence-electron chi connectivity index (χ4n) is 2.79. The number of nitrogens with one attached hydrogen (secondary N) is 1. The normalized spacial score (nSPS) is 23.1. The molecule has 1 aromatic carbocycles. The van der Waals surface area contributed by atoms with Crippen molar-refractivity contribution in [2.24, 2.45) is 0 Å². The van der Waals surface area contributed by atoms with Crippen molar-refractivity contribution in [3.63, 3.8) is 0 Å². The predicted molar refractivity (Wildman–Crippen MR) is 79.3 cm³/mol. The molecule has 1 aliphatic carbocycles. The number of aliphatic hydroxyl groups excluding tert-OH is 1. The summed E-state index contributed by atoms with van der Waals surface area (Å²) >= 11 is 0. The van der Waals surface area contributed by atoms with Crippen LogP contribution in [0.2, 0.25) is 0 Å². The average molecular weight is 279 g/mol. The molecule has 0 amide bonds. The second kappa shape index (κ2) is 7.50. The van der Waals surface area contributed by atoms with Gasteiger partial charge in [-0.3, -0.25) is 0 Å². The number of hydrogen-bond acceptors (Lipinski definition) is 4. The summed E-state index contributed by atoms with van der Waals surface area (Å²) in [6.07, 6.45) is 5.22. The zero-order chi connectivity index (χ0) is 14.4. The number of rotatable bonds is 5. The Hall–Kier alpha value is -1.26. The van der Waals surface area contributed by atoms with Crippen LogP contribution in [0.15, 0.2) is 18.2 Å². The van der Waals surface area contributed by atoms with E-state index in [-0.39, 0.29) is 12.1 Å². The van der Waals surface area contributed by atoms with Gasteiger partial charge in [0, 0.05) is 18.2 Å². The van der Waals surface area contributed by atoms with Crippen molar-refractivity contribution in [2.45, 2.75) is 50.8 Å². The van der Waals surface area contributed by atoms with Gasteiger partial charge >= 0.3 is 0 Å². The third-order valence-corrected chi connectivity index (χ3v) is 4.02. The average Bonchev–Trinajstić information content (AvgIpc) is 2.69. The highest BCUT2D eigenvalue weighted by Gasteiger charge is 2.21. The Morgan fingerprint density at radius 1 is 1.15 bits per heavy atom. The molecule has 1 aromatic rings. The summed E-state index contributed by atoms with van der Waals surface area (Å²) in [6, 6.07) is 5.96. The molecule has 0 aromatic heterocycles. The molecule has 1 aliphatic rings. The monoisotopic (exact) mass is 279 g/mol.